The van der Waals surface area contributed by atoms with Crippen LogP contribution in [-0.2, 0) is 4.79 Å². The molecule has 1 N–H and O–H groups in total. The third-order valence-electron chi connectivity index (χ3n) is 2.31. The number of anilines is 1. The second-order valence-electron chi connectivity index (χ2n) is 3.79. The van der Waals surface area contributed by atoms with Gasteiger partial charge >= 0.3 is 0 Å². The zero-order valence-electron chi connectivity index (χ0n) is 10.7. The van der Waals surface area contributed by atoms with Crippen molar-refractivity contribution in [3.8, 4) is 5.75 Å². The van der Waals surface area contributed by atoms with Crippen LogP contribution < -0.4 is 10.1 Å². The maximum atomic E-state index is 11.8. The predicted molar refractivity (Wildman–Crippen MR) is 83.5 cm³/mol. The molecule has 0 bridgehead atoms. The van der Waals surface area contributed by atoms with Gasteiger partial charge in [-0.05, 0) is 19.1 Å². The number of amides is 1. The van der Waals surface area contributed by atoms with Gasteiger partial charge in [0.15, 0.2) is 0 Å². The molecule has 0 radical (unpaired) electrons. The van der Waals surface area contributed by atoms with Crippen LogP contribution in [-0.4, -0.2) is 34.9 Å². The van der Waals surface area contributed by atoms with Crippen LogP contribution in [0.4, 0.5) is 5.69 Å². The third kappa shape index (κ3) is 4.80. The van der Waals surface area contributed by atoms with E-state index in [0.717, 1.165) is 28.1 Å². The number of aliphatic imine (C=N–C) groups is 1. The molecule has 19 heavy (non-hydrogen) atoms. The van der Waals surface area contributed by atoms with Crippen LogP contribution in [0.15, 0.2) is 29.3 Å². The molecule has 0 fully saturated rings. The lowest BCUT2D eigenvalue weighted by Crippen LogP contribution is -2.14. The van der Waals surface area contributed by atoms with E-state index < -0.39 is 0 Å². The van der Waals surface area contributed by atoms with E-state index in [0.29, 0.717) is 12.4 Å². The highest BCUT2D eigenvalue weighted by Gasteiger charge is 2.10. The van der Waals surface area contributed by atoms with Gasteiger partial charge in [-0.25, -0.2) is 0 Å². The van der Waals surface area contributed by atoms with Gasteiger partial charge in [-0.1, -0.05) is 29.6 Å². The van der Waals surface area contributed by atoms with Gasteiger partial charge in [0.05, 0.1) is 18.9 Å². The topological polar surface area (TPSA) is 50.7 Å². The number of rotatable bonds is 5. The van der Waals surface area contributed by atoms with Crippen LogP contribution in [0.1, 0.15) is 6.92 Å². The average Bonchev–Trinajstić information content (AvgIpc) is 2.90. The number of nitrogens with one attached hydrogen (secondary N) is 1. The van der Waals surface area contributed by atoms with Crippen molar-refractivity contribution < 1.29 is 9.53 Å². The molecule has 0 saturated carbocycles. The molecule has 1 heterocycles. The first kappa shape index (κ1) is 14.3. The second-order valence-corrected chi connectivity index (χ2v) is 6.10. The van der Waals surface area contributed by atoms with Crippen molar-refractivity contribution in [2.75, 3.05) is 30.0 Å². The fourth-order valence-corrected chi connectivity index (χ4v) is 3.37. The lowest BCUT2D eigenvalue weighted by Gasteiger charge is -2.07. The minimum atomic E-state index is -0.0196. The van der Waals surface area contributed by atoms with Crippen LogP contribution in [0.5, 0.6) is 5.75 Å². The van der Waals surface area contributed by atoms with Crippen LogP contribution >= 0.6 is 23.5 Å². The van der Waals surface area contributed by atoms with Gasteiger partial charge in [-0.3, -0.25) is 9.79 Å². The number of thioether (sulfide) groups is 2. The van der Waals surface area contributed by atoms with E-state index in [4.69, 9.17) is 4.74 Å². The SMILES string of the molecule is CCOc1cccc(NC(=O)CSC2=NCCS2)c1. The number of benzene rings is 1. The molecule has 0 aliphatic carbocycles. The number of nitrogens with zero attached hydrogens (tertiary/aromatic N) is 1. The first-order valence-electron chi connectivity index (χ1n) is 6.10. The second kappa shape index (κ2) is 7.45. The molecule has 1 amide bonds. The largest absolute Gasteiger partial charge is 0.494 e. The maximum absolute atomic E-state index is 11.8. The zero-order chi connectivity index (χ0) is 13.5. The smallest absolute Gasteiger partial charge is 0.234 e. The Morgan fingerprint density at radius 1 is 1.58 bits per heavy atom. The van der Waals surface area contributed by atoms with E-state index in [9.17, 15) is 4.79 Å². The van der Waals surface area contributed by atoms with Crippen LogP contribution in [0.2, 0.25) is 0 Å². The Morgan fingerprint density at radius 2 is 2.47 bits per heavy atom. The summed E-state index contributed by atoms with van der Waals surface area (Å²) < 4.78 is 6.40. The Hall–Kier alpha value is -1.14. The quantitative estimate of drug-likeness (QED) is 0.907. The standard InChI is InChI=1S/C13H16N2O2S2/c1-2-17-11-5-3-4-10(8-11)15-12(16)9-19-13-14-6-7-18-13/h3-5,8H,2,6-7,9H2,1H3,(H,15,16). The number of hydrogen-bond donors (Lipinski definition) is 1. The van der Waals surface area contributed by atoms with Crippen molar-refractivity contribution in [2.45, 2.75) is 6.92 Å². The Balaban J connectivity index is 1.82. The number of carbonyl (C=O) groups is 1. The van der Waals surface area contributed by atoms with Gasteiger partial charge in [-0.15, -0.1) is 0 Å². The first-order valence-corrected chi connectivity index (χ1v) is 8.08. The minimum Gasteiger partial charge on any atom is -0.494 e. The Morgan fingerprint density at radius 3 is 3.21 bits per heavy atom. The summed E-state index contributed by atoms with van der Waals surface area (Å²) in [6, 6.07) is 7.42. The van der Waals surface area contributed by atoms with Crippen molar-refractivity contribution >= 4 is 39.5 Å². The molecular formula is C13H16N2O2S2. The normalized spacial score (nSPS) is 14.1. The van der Waals surface area contributed by atoms with Crippen LogP contribution in [0, 0.1) is 0 Å². The summed E-state index contributed by atoms with van der Waals surface area (Å²) in [4.78, 5) is 16.1. The van der Waals surface area contributed by atoms with E-state index in [1.165, 1.54) is 11.8 Å². The molecule has 0 saturated heterocycles. The molecule has 0 atom stereocenters. The maximum Gasteiger partial charge on any atom is 0.234 e. The summed E-state index contributed by atoms with van der Waals surface area (Å²) in [7, 11) is 0. The van der Waals surface area contributed by atoms with Crippen molar-refractivity contribution in [1.29, 1.82) is 0 Å². The van der Waals surface area contributed by atoms with Crippen molar-refractivity contribution in [1.82, 2.24) is 0 Å². The number of carbonyl (C=O) groups excluding carboxylic acids is 1. The molecule has 6 heteroatoms. The molecule has 2 rings (SSSR count). The molecule has 1 aromatic carbocycles. The van der Waals surface area contributed by atoms with Gasteiger partial charge in [0.25, 0.3) is 0 Å². The van der Waals surface area contributed by atoms with E-state index in [2.05, 4.69) is 10.3 Å². The highest BCUT2D eigenvalue weighted by atomic mass is 32.2. The molecular weight excluding hydrogens is 280 g/mol. The van der Waals surface area contributed by atoms with E-state index in [-0.39, 0.29) is 5.91 Å². The van der Waals surface area contributed by atoms with Gasteiger partial charge in [0.2, 0.25) is 5.91 Å². The molecule has 102 valence electrons. The Bertz CT molecular complexity index is 477. The highest BCUT2D eigenvalue weighted by molar-refractivity contribution is 8.39. The molecule has 1 aromatic rings. The van der Waals surface area contributed by atoms with E-state index >= 15 is 0 Å². The van der Waals surface area contributed by atoms with E-state index in [1.807, 2.05) is 31.2 Å². The minimum absolute atomic E-state index is 0.0196. The average molecular weight is 296 g/mol. The van der Waals surface area contributed by atoms with Crippen molar-refractivity contribution in [3.63, 3.8) is 0 Å². The van der Waals surface area contributed by atoms with E-state index in [1.54, 1.807) is 11.8 Å². The Kier molecular flexibility index (Phi) is 5.60. The van der Waals surface area contributed by atoms with Gasteiger partial charge in [0, 0.05) is 17.5 Å². The molecule has 0 unspecified atom stereocenters. The number of ether oxygens (including phenoxy) is 1. The predicted octanol–water partition coefficient (Wildman–Crippen LogP) is 2.86. The molecule has 1 aliphatic heterocycles. The summed E-state index contributed by atoms with van der Waals surface area (Å²) in [5.74, 6) is 2.17. The van der Waals surface area contributed by atoms with Crippen LogP contribution in [0.25, 0.3) is 0 Å². The first-order chi connectivity index (χ1) is 9.28. The zero-order valence-corrected chi connectivity index (χ0v) is 12.4. The lowest BCUT2D eigenvalue weighted by atomic mass is 10.3. The summed E-state index contributed by atoms with van der Waals surface area (Å²) in [5.41, 5.74) is 0.762. The van der Waals surface area contributed by atoms with Crippen molar-refractivity contribution in [2.24, 2.45) is 4.99 Å². The monoisotopic (exact) mass is 296 g/mol. The number of hydrogen-bond acceptors (Lipinski definition) is 5. The Labute approximate surface area is 121 Å². The van der Waals surface area contributed by atoms with Gasteiger partial charge in [-0.2, -0.15) is 0 Å². The molecule has 0 spiro atoms. The third-order valence-corrected chi connectivity index (χ3v) is 4.57. The van der Waals surface area contributed by atoms with Gasteiger partial charge in [0.1, 0.15) is 10.1 Å². The fourth-order valence-electron chi connectivity index (χ4n) is 1.56. The van der Waals surface area contributed by atoms with Gasteiger partial charge < -0.3 is 10.1 Å². The molecule has 4 nitrogen and oxygen atoms in total. The summed E-state index contributed by atoms with van der Waals surface area (Å²) in [5, 5.41) is 2.86. The lowest BCUT2D eigenvalue weighted by molar-refractivity contribution is -0.113. The molecule has 0 aromatic heterocycles. The summed E-state index contributed by atoms with van der Waals surface area (Å²) >= 11 is 3.21. The fraction of sp³-hybridized carbons (Fsp3) is 0.385. The molecule has 1 aliphatic rings. The summed E-state index contributed by atoms with van der Waals surface area (Å²) in [6.07, 6.45) is 0. The summed E-state index contributed by atoms with van der Waals surface area (Å²) in [6.45, 7) is 3.41. The van der Waals surface area contributed by atoms with Crippen molar-refractivity contribution in [3.05, 3.63) is 24.3 Å². The van der Waals surface area contributed by atoms with Crippen LogP contribution in [0.3, 0.4) is 0 Å². The highest BCUT2D eigenvalue weighted by Crippen LogP contribution is 2.22.